The van der Waals surface area contributed by atoms with Crippen molar-refractivity contribution in [2.24, 2.45) is 11.7 Å². The van der Waals surface area contributed by atoms with Gasteiger partial charge in [-0.2, -0.15) is 0 Å². The molecule has 1 aliphatic heterocycles. The SMILES string of the molecule is CC(NC(=O)[C@@H](N)C(C)C)C(=O)Nc1cccc(N2CCCC2)c1.Cl. The molecule has 0 saturated carbocycles. The zero-order chi connectivity index (χ0) is 17.7. The number of nitrogens with zero attached hydrogens (tertiary/aromatic N) is 1. The molecule has 0 spiro atoms. The van der Waals surface area contributed by atoms with Crippen LogP contribution in [0.3, 0.4) is 0 Å². The summed E-state index contributed by atoms with van der Waals surface area (Å²) in [6.07, 6.45) is 2.41. The van der Waals surface area contributed by atoms with E-state index in [9.17, 15) is 9.59 Å². The zero-order valence-electron chi connectivity index (χ0n) is 15.1. The van der Waals surface area contributed by atoms with Gasteiger partial charge in [0.25, 0.3) is 0 Å². The second kappa shape index (κ2) is 9.63. The Kier molecular flexibility index (Phi) is 8.19. The predicted octanol–water partition coefficient (Wildman–Crippen LogP) is 2.14. The number of carbonyl (C=O) groups excluding carboxylic acids is 2. The summed E-state index contributed by atoms with van der Waals surface area (Å²) in [7, 11) is 0. The number of nitrogens with one attached hydrogen (secondary N) is 2. The summed E-state index contributed by atoms with van der Waals surface area (Å²) in [6, 6.07) is 6.55. The van der Waals surface area contributed by atoms with Crippen LogP contribution in [0, 0.1) is 5.92 Å². The predicted molar refractivity (Wildman–Crippen MR) is 104 cm³/mol. The van der Waals surface area contributed by atoms with E-state index in [1.807, 2.05) is 38.1 Å². The highest BCUT2D eigenvalue weighted by molar-refractivity contribution is 5.97. The van der Waals surface area contributed by atoms with Gasteiger partial charge in [0, 0.05) is 24.5 Å². The fourth-order valence-corrected chi connectivity index (χ4v) is 2.68. The van der Waals surface area contributed by atoms with Crippen molar-refractivity contribution in [2.45, 2.75) is 45.7 Å². The summed E-state index contributed by atoms with van der Waals surface area (Å²) in [6.45, 7) is 7.51. The van der Waals surface area contributed by atoms with Crippen LogP contribution in [-0.4, -0.2) is 37.0 Å². The highest BCUT2D eigenvalue weighted by Gasteiger charge is 2.22. The van der Waals surface area contributed by atoms with Crippen LogP contribution in [0.15, 0.2) is 24.3 Å². The molecule has 1 fully saturated rings. The number of hydrogen-bond acceptors (Lipinski definition) is 4. The Balaban J connectivity index is 0.00000312. The van der Waals surface area contributed by atoms with Crippen molar-refractivity contribution in [1.29, 1.82) is 0 Å². The van der Waals surface area contributed by atoms with E-state index in [0.29, 0.717) is 0 Å². The van der Waals surface area contributed by atoms with Crippen LogP contribution in [0.5, 0.6) is 0 Å². The van der Waals surface area contributed by atoms with Crippen molar-refractivity contribution in [1.82, 2.24) is 5.32 Å². The molecule has 1 unspecified atom stereocenters. The summed E-state index contributed by atoms with van der Waals surface area (Å²) in [5, 5.41) is 5.52. The smallest absolute Gasteiger partial charge is 0.246 e. The lowest BCUT2D eigenvalue weighted by Crippen LogP contribution is -2.50. The Morgan fingerprint density at radius 2 is 1.76 bits per heavy atom. The molecule has 0 bridgehead atoms. The van der Waals surface area contributed by atoms with Gasteiger partial charge in [0.15, 0.2) is 0 Å². The van der Waals surface area contributed by atoms with Crippen LogP contribution in [0.1, 0.15) is 33.6 Å². The van der Waals surface area contributed by atoms with Crippen molar-refractivity contribution < 1.29 is 9.59 Å². The number of anilines is 2. The van der Waals surface area contributed by atoms with Crippen LogP contribution < -0.4 is 21.3 Å². The fourth-order valence-electron chi connectivity index (χ4n) is 2.68. The van der Waals surface area contributed by atoms with E-state index in [0.717, 1.165) is 24.5 Å². The van der Waals surface area contributed by atoms with Crippen molar-refractivity contribution in [3.05, 3.63) is 24.3 Å². The first-order chi connectivity index (χ1) is 11.4. The second-order valence-electron chi connectivity index (χ2n) is 6.73. The average Bonchev–Trinajstić information content (AvgIpc) is 3.08. The number of carbonyl (C=O) groups is 2. The molecule has 6 nitrogen and oxygen atoms in total. The number of rotatable bonds is 6. The van der Waals surface area contributed by atoms with Crippen LogP contribution in [0.2, 0.25) is 0 Å². The number of nitrogens with two attached hydrogens (primary N) is 1. The first-order valence-electron chi connectivity index (χ1n) is 8.60. The number of hydrogen-bond donors (Lipinski definition) is 3. The summed E-state index contributed by atoms with van der Waals surface area (Å²) >= 11 is 0. The third-order valence-electron chi connectivity index (χ3n) is 4.36. The minimum Gasteiger partial charge on any atom is -0.371 e. The van der Waals surface area contributed by atoms with E-state index in [2.05, 4.69) is 15.5 Å². The molecule has 1 aromatic carbocycles. The highest BCUT2D eigenvalue weighted by Crippen LogP contribution is 2.23. The van der Waals surface area contributed by atoms with Crippen LogP contribution >= 0.6 is 12.4 Å². The summed E-state index contributed by atoms with van der Waals surface area (Å²) in [5.74, 6) is -0.534. The Bertz CT molecular complexity index is 588. The normalized spacial score (nSPS) is 16.1. The molecule has 0 aromatic heterocycles. The molecule has 1 heterocycles. The summed E-state index contributed by atoms with van der Waals surface area (Å²) in [5.41, 5.74) is 7.65. The van der Waals surface area contributed by atoms with Crippen molar-refractivity contribution in [3.63, 3.8) is 0 Å². The maximum absolute atomic E-state index is 12.3. The van der Waals surface area contributed by atoms with Gasteiger partial charge in [-0.05, 0) is 43.9 Å². The molecule has 1 aromatic rings. The van der Waals surface area contributed by atoms with Gasteiger partial charge in [-0.15, -0.1) is 12.4 Å². The molecule has 140 valence electrons. The van der Waals surface area contributed by atoms with Gasteiger partial charge in [-0.1, -0.05) is 19.9 Å². The summed E-state index contributed by atoms with van der Waals surface area (Å²) < 4.78 is 0. The second-order valence-corrected chi connectivity index (χ2v) is 6.73. The fraction of sp³-hybridized carbons (Fsp3) is 0.556. The van der Waals surface area contributed by atoms with Crippen molar-refractivity contribution in [3.8, 4) is 0 Å². The molecular weight excluding hydrogens is 340 g/mol. The first kappa shape index (κ1) is 21.3. The molecule has 25 heavy (non-hydrogen) atoms. The molecule has 4 N–H and O–H groups in total. The van der Waals surface area contributed by atoms with Crippen LogP contribution in [-0.2, 0) is 9.59 Å². The Morgan fingerprint density at radius 3 is 2.36 bits per heavy atom. The van der Waals surface area contributed by atoms with E-state index < -0.39 is 12.1 Å². The molecule has 0 aliphatic carbocycles. The molecule has 1 aliphatic rings. The van der Waals surface area contributed by atoms with Crippen LogP contribution in [0.25, 0.3) is 0 Å². The standard InChI is InChI=1S/C18H28N4O2.ClH/c1-12(2)16(19)18(24)20-13(3)17(23)21-14-7-6-8-15(11-14)22-9-4-5-10-22;/h6-8,11-13,16H,4-5,9-10,19H2,1-3H3,(H,20,24)(H,21,23);1H/t13?,16-;/m0./s1. The van der Waals surface area contributed by atoms with E-state index >= 15 is 0 Å². The van der Waals surface area contributed by atoms with Gasteiger partial charge in [0.2, 0.25) is 11.8 Å². The van der Waals surface area contributed by atoms with Gasteiger partial charge in [0.1, 0.15) is 6.04 Å². The molecule has 2 atom stereocenters. The Morgan fingerprint density at radius 1 is 1.12 bits per heavy atom. The van der Waals surface area contributed by atoms with Gasteiger partial charge in [-0.3, -0.25) is 9.59 Å². The Labute approximate surface area is 155 Å². The minimum atomic E-state index is -0.641. The van der Waals surface area contributed by atoms with E-state index in [4.69, 9.17) is 5.73 Å². The highest BCUT2D eigenvalue weighted by atomic mass is 35.5. The molecular formula is C18H29ClN4O2. The topological polar surface area (TPSA) is 87.5 Å². The number of halogens is 1. The lowest BCUT2D eigenvalue weighted by Gasteiger charge is -2.20. The maximum atomic E-state index is 12.3. The molecule has 0 radical (unpaired) electrons. The third kappa shape index (κ3) is 5.90. The molecule has 1 saturated heterocycles. The monoisotopic (exact) mass is 368 g/mol. The quantitative estimate of drug-likeness (QED) is 0.717. The number of amides is 2. The summed E-state index contributed by atoms with van der Waals surface area (Å²) in [4.78, 5) is 26.6. The largest absolute Gasteiger partial charge is 0.371 e. The van der Waals surface area contributed by atoms with Gasteiger partial charge < -0.3 is 21.3 Å². The van der Waals surface area contributed by atoms with E-state index in [1.54, 1.807) is 6.92 Å². The molecule has 2 rings (SSSR count). The third-order valence-corrected chi connectivity index (χ3v) is 4.36. The minimum absolute atomic E-state index is 0. The van der Waals surface area contributed by atoms with E-state index in [-0.39, 0.29) is 30.1 Å². The lowest BCUT2D eigenvalue weighted by atomic mass is 10.0. The zero-order valence-corrected chi connectivity index (χ0v) is 15.9. The van der Waals surface area contributed by atoms with Crippen LogP contribution in [0.4, 0.5) is 11.4 Å². The maximum Gasteiger partial charge on any atom is 0.246 e. The average molecular weight is 369 g/mol. The van der Waals surface area contributed by atoms with E-state index in [1.165, 1.54) is 12.8 Å². The lowest BCUT2D eigenvalue weighted by molar-refractivity contribution is -0.127. The van der Waals surface area contributed by atoms with Gasteiger partial charge in [0.05, 0.1) is 6.04 Å². The van der Waals surface area contributed by atoms with Crippen molar-refractivity contribution >= 4 is 35.6 Å². The molecule has 7 heteroatoms. The Hall–Kier alpha value is -1.79. The van der Waals surface area contributed by atoms with Crippen molar-refractivity contribution in [2.75, 3.05) is 23.3 Å². The van der Waals surface area contributed by atoms with Gasteiger partial charge >= 0.3 is 0 Å². The van der Waals surface area contributed by atoms with Gasteiger partial charge in [-0.25, -0.2) is 0 Å². The number of benzene rings is 1. The first-order valence-corrected chi connectivity index (χ1v) is 8.60. The molecule has 2 amide bonds.